The smallest absolute Gasteiger partial charge is 0.338 e. The summed E-state index contributed by atoms with van der Waals surface area (Å²) < 4.78 is 18.8. The van der Waals surface area contributed by atoms with Crippen molar-refractivity contribution in [3.63, 3.8) is 0 Å². The number of carbonyl (C=O) groups is 1. The van der Waals surface area contributed by atoms with E-state index in [1.807, 2.05) is 6.07 Å². The van der Waals surface area contributed by atoms with Crippen LogP contribution in [0.4, 0.5) is 4.39 Å². The molecular weight excluding hydrogens is 249 g/mol. The number of carboxylic acids is 1. The highest BCUT2D eigenvalue weighted by molar-refractivity contribution is 5.88. The molecular formula is C14H8FNO3. The van der Waals surface area contributed by atoms with Crippen LogP contribution in [0.3, 0.4) is 0 Å². The van der Waals surface area contributed by atoms with Gasteiger partial charge in [-0.1, -0.05) is 0 Å². The minimum absolute atomic E-state index is 0.187. The van der Waals surface area contributed by atoms with Crippen molar-refractivity contribution in [2.75, 3.05) is 0 Å². The normalized spacial score (nSPS) is 9.68. The largest absolute Gasteiger partial charge is 0.478 e. The van der Waals surface area contributed by atoms with Gasteiger partial charge in [0, 0.05) is 6.07 Å². The number of hydrogen-bond donors (Lipinski definition) is 1. The summed E-state index contributed by atoms with van der Waals surface area (Å²) in [7, 11) is 0. The van der Waals surface area contributed by atoms with Crippen molar-refractivity contribution in [1.29, 1.82) is 5.26 Å². The third kappa shape index (κ3) is 2.87. The number of rotatable bonds is 3. The molecule has 0 radical (unpaired) electrons. The second-order valence-electron chi connectivity index (χ2n) is 3.69. The zero-order valence-electron chi connectivity index (χ0n) is 9.63. The second-order valence-corrected chi connectivity index (χ2v) is 3.69. The first-order valence-electron chi connectivity index (χ1n) is 5.31. The number of benzene rings is 2. The van der Waals surface area contributed by atoms with E-state index in [0.29, 0.717) is 11.3 Å². The standard InChI is InChI=1S/C14H8FNO3/c15-13-7-11(5-6-12(13)14(17)18)19-10-3-1-9(8-16)2-4-10/h1-7H,(H,17,18). The lowest BCUT2D eigenvalue weighted by Gasteiger charge is -2.06. The van der Waals surface area contributed by atoms with E-state index in [1.165, 1.54) is 6.07 Å². The number of carboxylic acid groups (broad SMARTS) is 1. The number of nitrogens with zero attached hydrogens (tertiary/aromatic N) is 1. The minimum Gasteiger partial charge on any atom is -0.478 e. The van der Waals surface area contributed by atoms with Crippen molar-refractivity contribution in [3.05, 3.63) is 59.4 Å². The summed E-state index contributed by atoms with van der Waals surface area (Å²) >= 11 is 0. The number of halogens is 1. The molecule has 0 spiro atoms. The maximum atomic E-state index is 13.4. The molecule has 0 atom stereocenters. The van der Waals surface area contributed by atoms with Crippen molar-refractivity contribution < 1.29 is 19.0 Å². The molecule has 0 saturated heterocycles. The van der Waals surface area contributed by atoms with Crippen LogP contribution in [0.1, 0.15) is 15.9 Å². The molecule has 0 saturated carbocycles. The van der Waals surface area contributed by atoms with Crippen molar-refractivity contribution in [2.24, 2.45) is 0 Å². The van der Waals surface area contributed by atoms with Gasteiger partial charge in [0.05, 0.1) is 17.2 Å². The Morgan fingerprint density at radius 1 is 1.16 bits per heavy atom. The molecule has 0 heterocycles. The minimum atomic E-state index is -1.33. The summed E-state index contributed by atoms with van der Waals surface area (Å²) in [4.78, 5) is 10.7. The molecule has 94 valence electrons. The lowest BCUT2D eigenvalue weighted by atomic mass is 10.2. The molecule has 2 aromatic carbocycles. The summed E-state index contributed by atoms with van der Waals surface area (Å²) in [5.74, 6) is -1.57. The van der Waals surface area contributed by atoms with E-state index >= 15 is 0 Å². The average molecular weight is 257 g/mol. The van der Waals surface area contributed by atoms with Crippen LogP contribution < -0.4 is 4.74 Å². The topological polar surface area (TPSA) is 70.3 Å². The van der Waals surface area contributed by atoms with Crippen molar-refractivity contribution in [3.8, 4) is 17.6 Å². The van der Waals surface area contributed by atoms with E-state index in [1.54, 1.807) is 24.3 Å². The average Bonchev–Trinajstić information content (AvgIpc) is 2.39. The summed E-state index contributed by atoms with van der Waals surface area (Å²) in [6.07, 6.45) is 0. The van der Waals surface area contributed by atoms with Gasteiger partial charge in [-0.25, -0.2) is 9.18 Å². The van der Waals surface area contributed by atoms with Gasteiger partial charge >= 0.3 is 5.97 Å². The molecule has 0 aliphatic carbocycles. The molecule has 0 aliphatic heterocycles. The molecule has 0 bridgehead atoms. The molecule has 5 heteroatoms. The molecule has 0 unspecified atom stereocenters. The van der Waals surface area contributed by atoms with E-state index in [4.69, 9.17) is 15.1 Å². The fourth-order valence-electron chi connectivity index (χ4n) is 1.47. The Morgan fingerprint density at radius 2 is 1.79 bits per heavy atom. The van der Waals surface area contributed by atoms with Crippen LogP contribution in [0.5, 0.6) is 11.5 Å². The van der Waals surface area contributed by atoms with Gasteiger partial charge in [0.25, 0.3) is 0 Å². The van der Waals surface area contributed by atoms with Crippen LogP contribution in [0, 0.1) is 17.1 Å². The third-order valence-electron chi connectivity index (χ3n) is 2.39. The number of hydrogen-bond acceptors (Lipinski definition) is 3. The Bertz CT molecular complexity index is 659. The highest BCUT2D eigenvalue weighted by Gasteiger charge is 2.11. The monoisotopic (exact) mass is 257 g/mol. The van der Waals surface area contributed by atoms with E-state index in [-0.39, 0.29) is 5.75 Å². The van der Waals surface area contributed by atoms with E-state index in [9.17, 15) is 9.18 Å². The SMILES string of the molecule is N#Cc1ccc(Oc2ccc(C(=O)O)c(F)c2)cc1. The molecule has 4 nitrogen and oxygen atoms in total. The maximum Gasteiger partial charge on any atom is 0.338 e. The first-order chi connectivity index (χ1) is 9.10. The zero-order valence-corrected chi connectivity index (χ0v) is 9.63. The number of ether oxygens (including phenoxy) is 1. The fourth-order valence-corrected chi connectivity index (χ4v) is 1.47. The molecule has 19 heavy (non-hydrogen) atoms. The molecule has 2 aromatic rings. The van der Waals surface area contributed by atoms with Gasteiger partial charge in [0.15, 0.2) is 0 Å². The van der Waals surface area contributed by atoms with Crippen LogP contribution >= 0.6 is 0 Å². The second kappa shape index (κ2) is 5.19. The molecule has 2 rings (SSSR count). The lowest BCUT2D eigenvalue weighted by molar-refractivity contribution is 0.0692. The van der Waals surface area contributed by atoms with E-state index < -0.39 is 17.3 Å². The first-order valence-corrected chi connectivity index (χ1v) is 5.31. The van der Waals surface area contributed by atoms with Crippen LogP contribution in [0.15, 0.2) is 42.5 Å². The first kappa shape index (κ1) is 12.6. The Hall–Kier alpha value is -2.87. The Labute approximate surface area is 108 Å². The van der Waals surface area contributed by atoms with Crippen LogP contribution in [-0.2, 0) is 0 Å². The van der Waals surface area contributed by atoms with E-state index in [2.05, 4.69) is 0 Å². The Kier molecular flexibility index (Phi) is 3.44. The fraction of sp³-hybridized carbons (Fsp3) is 0. The van der Waals surface area contributed by atoms with Crippen molar-refractivity contribution in [1.82, 2.24) is 0 Å². The zero-order chi connectivity index (χ0) is 13.8. The molecule has 1 N–H and O–H groups in total. The van der Waals surface area contributed by atoms with Crippen molar-refractivity contribution in [2.45, 2.75) is 0 Å². The number of nitriles is 1. The molecule has 0 fully saturated rings. The maximum absolute atomic E-state index is 13.4. The van der Waals surface area contributed by atoms with Gasteiger partial charge in [0.1, 0.15) is 17.3 Å². The summed E-state index contributed by atoms with van der Waals surface area (Å²) in [5, 5.41) is 17.3. The Balaban J connectivity index is 2.21. The molecule has 0 aromatic heterocycles. The lowest BCUT2D eigenvalue weighted by Crippen LogP contribution is -2.00. The van der Waals surface area contributed by atoms with Crippen LogP contribution in [0.2, 0.25) is 0 Å². The summed E-state index contributed by atoms with van der Waals surface area (Å²) in [6.45, 7) is 0. The number of aromatic carboxylic acids is 1. The predicted octanol–water partition coefficient (Wildman–Crippen LogP) is 3.19. The van der Waals surface area contributed by atoms with Gasteiger partial charge in [-0.2, -0.15) is 5.26 Å². The van der Waals surface area contributed by atoms with Gasteiger partial charge in [-0.05, 0) is 36.4 Å². The van der Waals surface area contributed by atoms with Crippen molar-refractivity contribution >= 4 is 5.97 Å². The van der Waals surface area contributed by atoms with E-state index in [0.717, 1.165) is 12.1 Å². The highest BCUT2D eigenvalue weighted by atomic mass is 19.1. The highest BCUT2D eigenvalue weighted by Crippen LogP contribution is 2.23. The quantitative estimate of drug-likeness (QED) is 0.916. The summed E-state index contributed by atoms with van der Waals surface area (Å²) in [6, 6.07) is 11.7. The van der Waals surface area contributed by atoms with Gasteiger partial charge in [-0.3, -0.25) is 0 Å². The predicted molar refractivity (Wildman–Crippen MR) is 64.6 cm³/mol. The van der Waals surface area contributed by atoms with Gasteiger partial charge < -0.3 is 9.84 Å². The van der Waals surface area contributed by atoms with Crippen LogP contribution in [0.25, 0.3) is 0 Å². The van der Waals surface area contributed by atoms with Gasteiger partial charge in [-0.15, -0.1) is 0 Å². The summed E-state index contributed by atoms with van der Waals surface area (Å²) in [5.41, 5.74) is 0.0759. The molecule has 0 amide bonds. The van der Waals surface area contributed by atoms with Gasteiger partial charge in [0.2, 0.25) is 0 Å². The third-order valence-corrected chi connectivity index (χ3v) is 2.39. The molecule has 0 aliphatic rings. The Morgan fingerprint density at radius 3 is 2.32 bits per heavy atom. The van der Waals surface area contributed by atoms with Crippen LogP contribution in [-0.4, -0.2) is 11.1 Å².